The second-order valence-electron chi connectivity index (χ2n) is 3.48. The highest BCUT2D eigenvalue weighted by atomic mass is 35.5. The number of para-hydroxylation sites is 1. The van der Waals surface area contributed by atoms with Gasteiger partial charge in [0.1, 0.15) is 0 Å². The van der Waals surface area contributed by atoms with E-state index in [1.165, 1.54) is 10.4 Å². The summed E-state index contributed by atoms with van der Waals surface area (Å²) in [5, 5.41) is 6.66. The van der Waals surface area contributed by atoms with Gasteiger partial charge in [0.2, 0.25) is 0 Å². The molecule has 1 N–H and O–H groups in total. The van der Waals surface area contributed by atoms with E-state index in [2.05, 4.69) is 23.7 Å². The highest BCUT2D eigenvalue weighted by Gasteiger charge is 2.06. The molecule has 0 unspecified atom stereocenters. The zero-order valence-corrected chi connectivity index (χ0v) is 11.1. The van der Waals surface area contributed by atoms with Gasteiger partial charge in [-0.2, -0.15) is 0 Å². The fourth-order valence-electron chi connectivity index (χ4n) is 1.42. The first-order chi connectivity index (χ1) is 7.68. The minimum atomic E-state index is 0.654. The molecule has 0 amide bonds. The van der Waals surface area contributed by atoms with Gasteiger partial charge in [-0.15, -0.1) is 11.3 Å². The van der Waals surface area contributed by atoms with E-state index >= 15 is 0 Å². The average molecular weight is 272 g/mol. The van der Waals surface area contributed by atoms with E-state index in [4.69, 9.17) is 23.2 Å². The summed E-state index contributed by atoms with van der Waals surface area (Å²) in [4.78, 5) is 1.30. The van der Waals surface area contributed by atoms with Crippen molar-refractivity contribution in [2.75, 3.05) is 5.32 Å². The predicted octanol–water partition coefficient (Wildman–Crippen LogP) is 4.98. The summed E-state index contributed by atoms with van der Waals surface area (Å²) in [7, 11) is 0. The number of hydrogen-bond acceptors (Lipinski definition) is 2. The molecule has 0 saturated carbocycles. The van der Waals surface area contributed by atoms with Crippen molar-refractivity contribution in [3.05, 3.63) is 50.1 Å². The third-order valence-corrected chi connectivity index (χ3v) is 4.01. The Bertz CT molecular complexity index is 473. The Morgan fingerprint density at radius 2 is 1.88 bits per heavy atom. The monoisotopic (exact) mass is 271 g/mol. The van der Waals surface area contributed by atoms with Crippen molar-refractivity contribution >= 4 is 40.2 Å². The van der Waals surface area contributed by atoms with Crippen LogP contribution in [0, 0.1) is 6.92 Å². The molecule has 1 aromatic carbocycles. The van der Waals surface area contributed by atoms with Crippen LogP contribution in [0.2, 0.25) is 10.0 Å². The Labute approximate surface area is 109 Å². The normalized spacial score (nSPS) is 10.4. The van der Waals surface area contributed by atoms with Crippen LogP contribution in [-0.2, 0) is 6.54 Å². The molecule has 0 bridgehead atoms. The number of anilines is 1. The van der Waals surface area contributed by atoms with Crippen LogP contribution in [0.3, 0.4) is 0 Å². The highest BCUT2D eigenvalue weighted by Crippen LogP contribution is 2.30. The van der Waals surface area contributed by atoms with Gasteiger partial charge in [0.15, 0.2) is 0 Å². The van der Waals surface area contributed by atoms with Crippen molar-refractivity contribution in [2.24, 2.45) is 0 Å². The maximum atomic E-state index is 6.07. The van der Waals surface area contributed by atoms with Gasteiger partial charge in [-0.25, -0.2) is 0 Å². The number of halogens is 2. The topological polar surface area (TPSA) is 12.0 Å². The third kappa shape index (κ3) is 2.51. The van der Waals surface area contributed by atoms with Crippen molar-refractivity contribution < 1.29 is 0 Å². The highest BCUT2D eigenvalue weighted by molar-refractivity contribution is 7.10. The van der Waals surface area contributed by atoms with Gasteiger partial charge in [0.05, 0.1) is 15.7 Å². The standard InChI is InChI=1S/C12H11Cl2NS/c1-8-5-6-16-11(8)7-15-12-9(13)3-2-4-10(12)14/h2-6,15H,7H2,1H3. The Morgan fingerprint density at radius 3 is 2.44 bits per heavy atom. The molecular weight excluding hydrogens is 261 g/mol. The number of thiophene rings is 1. The number of nitrogens with one attached hydrogen (secondary N) is 1. The Balaban J connectivity index is 2.14. The van der Waals surface area contributed by atoms with Gasteiger partial charge in [-0.3, -0.25) is 0 Å². The molecule has 1 nitrogen and oxygen atoms in total. The molecule has 2 rings (SSSR count). The van der Waals surface area contributed by atoms with Gasteiger partial charge >= 0.3 is 0 Å². The van der Waals surface area contributed by atoms with Crippen molar-refractivity contribution in [1.82, 2.24) is 0 Å². The van der Waals surface area contributed by atoms with E-state index in [1.54, 1.807) is 11.3 Å². The summed E-state index contributed by atoms with van der Waals surface area (Å²) in [6.45, 7) is 2.86. The van der Waals surface area contributed by atoms with E-state index in [0.717, 1.165) is 12.2 Å². The minimum absolute atomic E-state index is 0.654. The average Bonchev–Trinajstić information content (AvgIpc) is 2.64. The summed E-state index contributed by atoms with van der Waals surface area (Å²) in [6.07, 6.45) is 0. The zero-order valence-electron chi connectivity index (χ0n) is 8.76. The molecule has 0 aliphatic carbocycles. The molecule has 0 spiro atoms. The lowest BCUT2D eigenvalue weighted by Crippen LogP contribution is -1.99. The number of aryl methyl sites for hydroxylation is 1. The summed E-state index contributed by atoms with van der Waals surface area (Å²) in [5.41, 5.74) is 2.10. The molecule has 0 radical (unpaired) electrons. The molecule has 0 aliphatic heterocycles. The van der Waals surface area contributed by atoms with Gasteiger partial charge in [0, 0.05) is 11.4 Å². The molecule has 0 saturated heterocycles. The lowest BCUT2D eigenvalue weighted by atomic mass is 10.2. The lowest BCUT2D eigenvalue weighted by Gasteiger charge is -2.09. The SMILES string of the molecule is Cc1ccsc1CNc1c(Cl)cccc1Cl. The maximum Gasteiger partial charge on any atom is 0.0721 e. The molecule has 2 aromatic rings. The molecular formula is C12H11Cl2NS. The summed E-state index contributed by atoms with van der Waals surface area (Å²) < 4.78 is 0. The Morgan fingerprint density at radius 1 is 1.19 bits per heavy atom. The van der Waals surface area contributed by atoms with Crippen LogP contribution in [-0.4, -0.2) is 0 Å². The maximum absolute atomic E-state index is 6.07. The van der Waals surface area contributed by atoms with Gasteiger partial charge < -0.3 is 5.32 Å². The van der Waals surface area contributed by atoms with Crippen LogP contribution in [0.1, 0.15) is 10.4 Å². The van der Waals surface area contributed by atoms with Crippen molar-refractivity contribution in [3.63, 3.8) is 0 Å². The molecule has 1 aromatic heterocycles. The largest absolute Gasteiger partial charge is 0.378 e. The van der Waals surface area contributed by atoms with E-state index in [9.17, 15) is 0 Å². The second-order valence-corrected chi connectivity index (χ2v) is 5.29. The predicted molar refractivity (Wildman–Crippen MR) is 72.8 cm³/mol. The van der Waals surface area contributed by atoms with Crippen molar-refractivity contribution in [1.29, 1.82) is 0 Å². The number of hydrogen-bond donors (Lipinski definition) is 1. The summed E-state index contributed by atoms with van der Waals surface area (Å²) in [6, 6.07) is 7.61. The molecule has 1 heterocycles. The van der Waals surface area contributed by atoms with Crippen LogP contribution in [0.5, 0.6) is 0 Å². The smallest absolute Gasteiger partial charge is 0.0721 e. The molecule has 0 atom stereocenters. The number of benzene rings is 1. The summed E-state index contributed by atoms with van der Waals surface area (Å²) in [5.74, 6) is 0. The number of rotatable bonds is 3. The lowest BCUT2D eigenvalue weighted by molar-refractivity contribution is 1.17. The van der Waals surface area contributed by atoms with Crippen LogP contribution in [0.15, 0.2) is 29.6 Å². The quantitative estimate of drug-likeness (QED) is 0.831. The fraction of sp³-hybridized carbons (Fsp3) is 0.167. The minimum Gasteiger partial charge on any atom is -0.378 e. The first kappa shape index (κ1) is 11.8. The summed E-state index contributed by atoms with van der Waals surface area (Å²) >= 11 is 13.9. The second kappa shape index (κ2) is 5.09. The fourth-order valence-corrected chi connectivity index (χ4v) is 2.80. The Kier molecular flexibility index (Phi) is 3.74. The van der Waals surface area contributed by atoms with Crippen molar-refractivity contribution in [3.8, 4) is 0 Å². The molecule has 0 fully saturated rings. The van der Waals surface area contributed by atoms with E-state index < -0.39 is 0 Å². The van der Waals surface area contributed by atoms with Crippen LogP contribution in [0.4, 0.5) is 5.69 Å². The molecule has 4 heteroatoms. The van der Waals surface area contributed by atoms with E-state index in [1.807, 2.05) is 18.2 Å². The van der Waals surface area contributed by atoms with Crippen LogP contribution < -0.4 is 5.32 Å². The van der Waals surface area contributed by atoms with Gasteiger partial charge in [-0.1, -0.05) is 29.3 Å². The molecule has 16 heavy (non-hydrogen) atoms. The van der Waals surface area contributed by atoms with Crippen molar-refractivity contribution in [2.45, 2.75) is 13.5 Å². The zero-order chi connectivity index (χ0) is 11.5. The molecule has 0 aliphatic rings. The van der Waals surface area contributed by atoms with E-state index in [-0.39, 0.29) is 0 Å². The first-order valence-electron chi connectivity index (χ1n) is 4.89. The Hall–Kier alpha value is -0.700. The first-order valence-corrected chi connectivity index (χ1v) is 6.53. The van der Waals surface area contributed by atoms with Crippen LogP contribution >= 0.6 is 34.5 Å². The van der Waals surface area contributed by atoms with Gasteiger partial charge in [-0.05, 0) is 36.1 Å². The third-order valence-electron chi connectivity index (χ3n) is 2.36. The molecule has 84 valence electrons. The van der Waals surface area contributed by atoms with Crippen LogP contribution in [0.25, 0.3) is 0 Å². The van der Waals surface area contributed by atoms with E-state index in [0.29, 0.717) is 10.0 Å². The van der Waals surface area contributed by atoms with Gasteiger partial charge in [0.25, 0.3) is 0 Å².